The lowest BCUT2D eigenvalue weighted by Crippen LogP contribution is -1.97. The zero-order chi connectivity index (χ0) is 59.6. The van der Waals surface area contributed by atoms with E-state index in [1.165, 1.54) is 0 Å². The third kappa shape index (κ3) is 4.29. The van der Waals surface area contributed by atoms with Crippen LogP contribution in [0.1, 0.15) is 41.1 Å². The van der Waals surface area contributed by atoms with E-state index < -0.39 is 269 Å². The summed E-state index contributed by atoms with van der Waals surface area (Å²) >= 11 is 0.538. The molecule has 3 heteroatoms. The quantitative estimate of drug-likeness (QED) is 0.173. The highest BCUT2D eigenvalue weighted by Gasteiger charge is 2.19. The van der Waals surface area contributed by atoms with Crippen molar-refractivity contribution in [2.24, 2.45) is 0 Å². The molecule has 0 N–H and O–H groups in total. The molecule has 0 bridgehead atoms. The molecular formula is C48H30N2S. The fourth-order valence-electron chi connectivity index (χ4n) is 6.18. The Kier molecular flexibility index (Phi) is 2.56. The van der Waals surface area contributed by atoms with Gasteiger partial charge in [0.25, 0.3) is 0 Å². The van der Waals surface area contributed by atoms with Crippen LogP contribution in [0.3, 0.4) is 0 Å². The molecular weight excluding hydrogens is 637 g/mol. The van der Waals surface area contributed by atoms with Gasteiger partial charge in [0.05, 0.1) is 68.9 Å². The molecule has 3 heterocycles. The number of nitrogens with zero attached hydrogens (tertiary/aromatic N) is 2. The Bertz CT molecular complexity index is 4770. The summed E-state index contributed by atoms with van der Waals surface area (Å²) in [7, 11) is 0. The van der Waals surface area contributed by atoms with E-state index in [4.69, 9.17) is 24.7 Å². The Morgan fingerprint density at radius 1 is 0.353 bits per heavy atom. The Morgan fingerprint density at radius 2 is 0.922 bits per heavy atom. The average molecular weight is 697 g/mol. The molecule has 0 radical (unpaired) electrons. The molecule has 2 nitrogen and oxygen atoms in total. The third-order valence-electron chi connectivity index (χ3n) is 8.30. The Morgan fingerprint density at radius 3 is 1.65 bits per heavy atom. The van der Waals surface area contributed by atoms with Gasteiger partial charge in [-0.2, -0.15) is 0 Å². The lowest BCUT2D eigenvalue weighted by atomic mass is 9.98. The zero-order valence-electron chi connectivity index (χ0n) is 55.3. The maximum atomic E-state index is 10.2. The molecule has 0 aliphatic rings. The molecule has 51 heavy (non-hydrogen) atoms. The molecule has 0 amide bonds. The highest BCUT2D eigenvalue weighted by atomic mass is 32.1. The number of para-hydroxylation sites is 3. The van der Waals surface area contributed by atoms with Crippen LogP contribution in [0.15, 0.2) is 181 Å². The molecule has 0 aliphatic heterocycles. The van der Waals surface area contributed by atoms with E-state index in [0.717, 1.165) is 9.13 Å². The van der Waals surface area contributed by atoms with Gasteiger partial charge in [-0.15, -0.1) is 11.3 Å². The van der Waals surface area contributed by atoms with Crippen LogP contribution in [-0.4, -0.2) is 9.13 Å². The summed E-state index contributed by atoms with van der Waals surface area (Å²) in [5, 5.41) is -3.09. The molecule has 0 spiro atoms. The zero-order valence-corrected chi connectivity index (χ0v) is 26.1. The Balaban J connectivity index is 1.39. The first-order valence-corrected chi connectivity index (χ1v) is 15.8. The van der Waals surface area contributed by atoms with Crippen LogP contribution in [0, 0.1) is 0 Å². The number of hydrogen-bond acceptors (Lipinski definition) is 1. The van der Waals surface area contributed by atoms with Gasteiger partial charge in [0, 0.05) is 47.4 Å². The number of benzene rings is 8. The van der Waals surface area contributed by atoms with Crippen molar-refractivity contribution in [3.05, 3.63) is 181 Å². The molecule has 238 valence electrons. The molecule has 0 atom stereocenters. The number of thiophene rings is 1. The predicted octanol–water partition coefficient (Wildman–Crippen LogP) is 13.6. The fourth-order valence-corrected chi connectivity index (χ4v) is 7.14. The van der Waals surface area contributed by atoms with Crippen molar-refractivity contribution >= 4 is 75.1 Å². The van der Waals surface area contributed by atoms with Gasteiger partial charge < -0.3 is 9.13 Å². The first-order valence-electron chi connectivity index (χ1n) is 30.0. The molecule has 11 aromatic rings. The SMILES string of the molecule is [2H]c1c([2H])c([2H])c(-c2c([2H])c([2H])c([2H])c(-c3c([2H])c([2H])c4sc5c([2H])c([2H])c([2H])c(-n6c7c([2H])c([2H])c([2H])c([2H])c7c7c([2H])c([2H])c(-n8c9c([2H])c([2H])c([2H])c([2H])c9c9c([2H])c([2H])c([2H])c([2H])c98)c([2H])c76)c5c4c3[2H])c2[2H])c([2H])c1[2H]. The van der Waals surface area contributed by atoms with E-state index in [2.05, 4.69) is 0 Å². The minimum Gasteiger partial charge on any atom is -0.309 e. The standard InChI is InChI=1S/C48H30N2S/c1-2-12-31(13-3-1)32-14-10-15-33(28-32)34-24-27-46-40(29-34)48-44(22-11-23-47(48)51-46)50-43-21-9-6-18-38(43)39-26-25-35(30-45(39)50)49-41-19-7-4-16-36(41)37-17-5-8-20-42(37)49/h1-30H/i1D,2D,3D,4D,5D,6D,7D,8D,9D,10D,11D,12D,13D,14D,15D,16D,17D,18D,19D,20D,21D,22D,23D,24D,25D,26D,27D,28D,29D,30D. The summed E-state index contributed by atoms with van der Waals surface area (Å²) in [6.45, 7) is 0. The highest BCUT2D eigenvalue weighted by molar-refractivity contribution is 7.25. The first-order chi connectivity index (χ1) is 37.8. The van der Waals surface area contributed by atoms with Gasteiger partial charge in [0.2, 0.25) is 0 Å². The molecule has 0 aliphatic carbocycles. The van der Waals surface area contributed by atoms with E-state index in [-0.39, 0.29) is 9.40 Å². The monoisotopic (exact) mass is 696 g/mol. The van der Waals surface area contributed by atoms with E-state index >= 15 is 0 Å². The van der Waals surface area contributed by atoms with Crippen LogP contribution in [0.25, 0.3) is 97.4 Å². The minimum absolute atomic E-state index is 0.326. The summed E-state index contributed by atoms with van der Waals surface area (Å²) < 4.78 is 272. The second-order valence-corrected chi connectivity index (χ2v) is 12.0. The van der Waals surface area contributed by atoms with E-state index in [0.29, 0.717) is 11.3 Å². The first kappa shape index (κ1) is 11.8. The van der Waals surface area contributed by atoms with Crippen molar-refractivity contribution in [1.29, 1.82) is 0 Å². The number of fused-ring (bicyclic) bond motifs is 9. The minimum atomic E-state index is -1.00. The van der Waals surface area contributed by atoms with Gasteiger partial charge >= 0.3 is 0 Å². The topological polar surface area (TPSA) is 9.86 Å². The lowest BCUT2D eigenvalue weighted by molar-refractivity contribution is 1.16. The largest absolute Gasteiger partial charge is 0.309 e. The Labute approximate surface area is 340 Å². The molecule has 3 aromatic heterocycles. The summed E-state index contributed by atoms with van der Waals surface area (Å²) in [6.07, 6.45) is 0. The Hall–Kier alpha value is -6.42. The molecule has 11 rings (SSSR count). The summed E-state index contributed by atoms with van der Waals surface area (Å²) in [5.74, 6) is 0. The lowest BCUT2D eigenvalue weighted by Gasteiger charge is -2.13. The van der Waals surface area contributed by atoms with Crippen molar-refractivity contribution in [3.8, 4) is 33.6 Å². The van der Waals surface area contributed by atoms with Gasteiger partial charge in [-0.05, 0) is 82.7 Å². The van der Waals surface area contributed by atoms with Crippen LogP contribution >= 0.6 is 11.3 Å². The van der Waals surface area contributed by atoms with Gasteiger partial charge in [-0.25, -0.2) is 0 Å². The van der Waals surface area contributed by atoms with Crippen LogP contribution in [0.2, 0.25) is 0 Å². The van der Waals surface area contributed by atoms with Crippen LogP contribution in [0.5, 0.6) is 0 Å². The molecule has 0 fully saturated rings. The van der Waals surface area contributed by atoms with E-state index in [1.54, 1.807) is 0 Å². The van der Waals surface area contributed by atoms with Crippen LogP contribution in [0.4, 0.5) is 0 Å². The van der Waals surface area contributed by atoms with Gasteiger partial charge in [-0.1, -0.05) is 121 Å². The summed E-state index contributed by atoms with van der Waals surface area (Å²) in [5.41, 5.74) is -7.16. The van der Waals surface area contributed by atoms with Crippen molar-refractivity contribution in [2.45, 2.75) is 0 Å². The van der Waals surface area contributed by atoms with Gasteiger partial charge in [-0.3, -0.25) is 0 Å². The predicted molar refractivity (Wildman–Crippen MR) is 219 cm³/mol. The second kappa shape index (κ2) is 11.0. The summed E-state index contributed by atoms with van der Waals surface area (Å²) in [4.78, 5) is 0. The maximum Gasteiger partial charge on any atom is 0.0667 e. The average Bonchev–Trinajstić information content (AvgIpc) is 4.15. The van der Waals surface area contributed by atoms with Crippen molar-refractivity contribution in [1.82, 2.24) is 9.13 Å². The van der Waals surface area contributed by atoms with Crippen molar-refractivity contribution in [2.75, 3.05) is 0 Å². The highest BCUT2D eigenvalue weighted by Crippen LogP contribution is 2.43. The van der Waals surface area contributed by atoms with Crippen LogP contribution < -0.4 is 0 Å². The van der Waals surface area contributed by atoms with Crippen molar-refractivity contribution in [3.63, 3.8) is 0 Å². The number of rotatable bonds is 4. The van der Waals surface area contributed by atoms with E-state index in [9.17, 15) is 16.4 Å². The molecule has 0 unspecified atom stereocenters. The maximum absolute atomic E-state index is 10.2. The van der Waals surface area contributed by atoms with Gasteiger partial charge in [0.1, 0.15) is 0 Å². The van der Waals surface area contributed by atoms with E-state index in [1.807, 2.05) is 0 Å². The molecule has 8 aromatic carbocycles. The van der Waals surface area contributed by atoms with Crippen molar-refractivity contribution < 1.29 is 41.1 Å². The summed E-state index contributed by atoms with van der Waals surface area (Å²) in [6, 6.07) is -26.8. The number of hydrogen-bond donors (Lipinski definition) is 0. The smallest absolute Gasteiger partial charge is 0.0667 e. The molecule has 0 saturated carbocycles. The molecule has 0 saturated heterocycles. The van der Waals surface area contributed by atoms with Crippen LogP contribution in [-0.2, 0) is 0 Å². The number of aromatic nitrogens is 2. The second-order valence-electron chi connectivity index (χ2n) is 11.0. The normalized spacial score (nSPS) is 20.2. The third-order valence-corrected chi connectivity index (χ3v) is 9.32. The van der Waals surface area contributed by atoms with Gasteiger partial charge in [0.15, 0.2) is 0 Å². The fraction of sp³-hybridized carbons (Fsp3) is 0.